The van der Waals surface area contributed by atoms with Crippen molar-refractivity contribution in [3.05, 3.63) is 59.7 Å². The predicted molar refractivity (Wildman–Crippen MR) is 88.6 cm³/mol. The predicted octanol–water partition coefficient (Wildman–Crippen LogP) is 2.22. The van der Waals surface area contributed by atoms with Crippen molar-refractivity contribution in [2.24, 2.45) is 0 Å². The number of para-hydroxylation sites is 1. The van der Waals surface area contributed by atoms with Crippen molar-refractivity contribution < 1.29 is 22.0 Å². The SMILES string of the molecule is CCNC(=O)C1Cc2ccccc2N1S(=O)(=O)c1ccc(F)cc1F. The zero-order valence-corrected chi connectivity index (χ0v) is 14.2. The van der Waals surface area contributed by atoms with Crippen LogP contribution in [0.2, 0.25) is 0 Å². The van der Waals surface area contributed by atoms with Gasteiger partial charge in [-0.2, -0.15) is 0 Å². The molecule has 25 heavy (non-hydrogen) atoms. The Morgan fingerprint density at radius 3 is 2.64 bits per heavy atom. The number of fused-ring (bicyclic) bond motifs is 1. The smallest absolute Gasteiger partial charge is 0.267 e. The first-order chi connectivity index (χ1) is 11.9. The summed E-state index contributed by atoms with van der Waals surface area (Å²) in [6.45, 7) is 2.06. The maximum absolute atomic E-state index is 14.1. The topological polar surface area (TPSA) is 66.5 Å². The van der Waals surface area contributed by atoms with Gasteiger partial charge in [-0.15, -0.1) is 0 Å². The number of carbonyl (C=O) groups is 1. The fraction of sp³-hybridized carbons (Fsp3) is 0.235. The molecule has 0 saturated heterocycles. The normalized spacial score (nSPS) is 16.6. The number of nitrogens with zero attached hydrogens (tertiary/aromatic N) is 1. The molecule has 132 valence electrons. The molecule has 3 rings (SSSR count). The summed E-state index contributed by atoms with van der Waals surface area (Å²) in [5.41, 5.74) is 0.993. The minimum absolute atomic E-state index is 0.185. The average Bonchev–Trinajstić information content (AvgIpc) is 2.95. The Kier molecular flexibility index (Phi) is 4.47. The number of hydrogen-bond acceptors (Lipinski definition) is 3. The molecule has 0 bridgehead atoms. The quantitative estimate of drug-likeness (QED) is 0.902. The first kappa shape index (κ1) is 17.3. The third kappa shape index (κ3) is 2.97. The second-order valence-corrected chi connectivity index (χ2v) is 7.40. The van der Waals surface area contributed by atoms with Crippen molar-refractivity contribution in [3.8, 4) is 0 Å². The van der Waals surface area contributed by atoms with Crippen LogP contribution in [0.25, 0.3) is 0 Å². The Morgan fingerprint density at radius 2 is 1.96 bits per heavy atom. The molecule has 1 atom stereocenters. The molecule has 0 aromatic heterocycles. The number of amides is 1. The number of sulfonamides is 1. The van der Waals surface area contributed by atoms with E-state index in [1.807, 2.05) is 0 Å². The van der Waals surface area contributed by atoms with E-state index in [4.69, 9.17) is 0 Å². The van der Waals surface area contributed by atoms with Crippen molar-refractivity contribution in [1.29, 1.82) is 0 Å². The van der Waals surface area contributed by atoms with Crippen molar-refractivity contribution in [1.82, 2.24) is 5.32 Å². The lowest BCUT2D eigenvalue weighted by molar-refractivity contribution is -0.121. The van der Waals surface area contributed by atoms with E-state index in [0.29, 0.717) is 23.9 Å². The largest absolute Gasteiger partial charge is 0.355 e. The molecular formula is C17H16F2N2O3S. The van der Waals surface area contributed by atoms with Gasteiger partial charge in [-0.05, 0) is 30.7 Å². The van der Waals surface area contributed by atoms with Gasteiger partial charge in [0.05, 0.1) is 5.69 Å². The van der Waals surface area contributed by atoms with E-state index in [-0.39, 0.29) is 6.42 Å². The lowest BCUT2D eigenvalue weighted by atomic mass is 10.1. The maximum atomic E-state index is 14.1. The van der Waals surface area contributed by atoms with Crippen LogP contribution < -0.4 is 9.62 Å². The van der Waals surface area contributed by atoms with Gasteiger partial charge in [0.2, 0.25) is 5.91 Å². The summed E-state index contributed by atoms with van der Waals surface area (Å²) in [5, 5.41) is 2.60. The number of carbonyl (C=O) groups excluding carboxylic acids is 1. The maximum Gasteiger partial charge on any atom is 0.267 e. The number of rotatable bonds is 4. The molecule has 0 fully saturated rings. The van der Waals surface area contributed by atoms with E-state index in [0.717, 1.165) is 16.4 Å². The monoisotopic (exact) mass is 366 g/mol. The number of likely N-dealkylation sites (N-methyl/N-ethyl adjacent to an activating group) is 1. The van der Waals surface area contributed by atoms with Gasteiger partial charge in [0, 0.05) is 19.0 Å². The second kappa shape index (κ2) is 6.44. The number of hydrogen-bond donors (Lipinski definition) is 1. The van der Waals surface area contributed by atoms with Gasteiger partial charge in [-0.1, -0.05) is 18.2 Å². The van der Waals surface area contributed by atoms with Crippen molar-refractivity contribution >= 4 is 21.6 Å². The van der Waals surface area contributed by atoms with E-state index < -0.39 is 38.5 Å². The zero-order chi connectivity index (χ0) is 18.2. The summed E-state index contributed by atoms with van der Waals surface area (Å²) in [5.74, 6) is -2.54. The van der Waals surface area contributed by atoms with Crippen LogP contribution in [-0.4, -0.2) is 26.9 Å². The first-order valence-electron chi connectivity index (χ1n) is 7.71. The standard InChI is InChI=1S/C17H16F2N2O3S/c1-2-20-17(22)15-9-11-5-3-4-6-14(11)21(15)25(23,24)16-8-7-12(18)10-13(16)19/h3-8,10,15H,2,9H2,1H3,(H,20,22). The molecular weight excluding hydrogens is 350 g/mol. The zero-order valence-electron chi connectivity index (χ0n) is 13.4. The van der Waals surface area contributed by atoms with Gasteiger partial charge in [0.25, 0.3) is 10.0 Å². The van der Waals surface area contributed by atoms with E-state index in [2.05, 4.69) is 5.32 Å². The Morgan fingerprint density at radius 1 is 1.24 bits per heavy atom. The molecule has 0 aliphatic carbocycles. The van der Waals surface area contributed by atoms with Crippen molar-refractivity contribution in [2.75, 3.05) is 10.8 Å². The van der Waals surface area contributed by atoms with Crippen molar-refractivity contribution in [2.45, 2.75) is 24.3 Å². The van der Waals surface area contributed by atoms with Crippen LogP contribution in [0.1, 0.15) is 12.5 Å². The van der Waals surface area contributed by atoms with E-state index in [1.54, 1.807) is 31.2 Å². The summed E-state index contributed by atoms with van der Waals surface area (Å²) < 4.78 is 54.2. The summed E-state index contributed by atoms with van der Waals surface area (Å²) in [7, 11) is -4.38. The van der Waals surface area contributed by atoms with Crippen LogP contribution in [-0.2, 0) is 21.2 Å². The number of halogens is 2. The van der Waals surface area contributed by atoms with Gasteiger partial charge >= 0.3 is 0 Å². The molecule has 1 aliphatic rings. The van der Waals surface area contributed by atoms with Gasteiger partial charge < -0.3 is 5.32 Å². The summed E-state index contributed by atoms with van der Waals surface area (Å²) >= 11 is 0. The summed E-state index contributed by atoms with van der Waals surface area (Å²) in [6, 6.07) is 7.90. The Balaban J connectivity index is 2.14. The third-order valence-corrected chi connectivity index (χ3v) is 5.87. The summed E-state index contributed by atoms with van der Waals surface area (Å²) in [4.78, 5) is 11.7. The molecule has 1 amide bonds. The molecule has 1 unspecified atom stereocenters. The third-order valence-electron chi connectivity index (χ3n) is 4.01. The van der Waals surface area contributed by atoms with Crippen LogP contribution in [0.5, 0.6) is 0 Å². The highest BCUT2D eigenvalue weighted by atomic mass is 32.2. The minimum Gasteiger partial charge on any atom is -0.355 e. The number of anilines is 1. The highest BCUT2D eigenvalue weighted by Gasteiger charge is 2.42. The van der Waals surface area contributed by atoms with Crippen LogP contribution >= 0.6 is 0 Å². The lowest BCUT2D eigenvalue weighted by Crippen LogP contribution is -2.48. The first-order valence-corrected chi connectivity index (χ1v) is 9.15. The molecule has 1 heterocycles. The lowest BCUT2D eigenvalue weighted by Gasteiger charge is -2.26. The van der Waals surface area contributed by atoms with Gasteiger partial charge in [-0.3, -0.25) is 9.10 Å². The Labute approximate surface area is 144 Å². The fourth-order valence-corrected chi connectivity index (χ4v) is 4.64. The number of benzene rings is 2. The fourth-order valence-electron chi connectivity index (χ4n) is 2.94. The van der Waals surface area contributed by atoms with Crippen LogP contribution in [0.3, 0.4) is 0 Å². The second-order valence-electron chi connectivity index (χ2n) is 5.62. The van der Waals surface area contributed by atoms with Gasteiger partial charge in [0.1, 0.15) is 22.6 Å². The van der Waals surface area contributed by atoms with Crippen LogP contribution in [0.15, 0.2) is 47.4 Å². The van der Waals surface area contributed by atoms with E-state index in [9.17, 15) is 22.0 Å². The highest BCUT2D eigenvalue weighted by molar-refractivity contribution is 7.93. The average molecular weight is 366 g/mol. The Hall–Kier alpha value is -2.48. The molecule has 5 nitrogen and oxygen atoms in total. The molecule has 0 spiro atoms. The van der Waals surface area contributed by atoms with E-state index >= 15 is 0 Å². The molecule has 1 aliphatic heterocycles. The molecule has 0 radical (unpaired) electrons. The van der Waals surface area contributed by atoms with Crippen molar-refractivity contribution in [3.63, 3.8) is 0 Å². The number of nitrogens with one attached hydrogen (secondary N) is 1. The molecule has 0 saturated carbocycles. The molecule has 1 N–H and O–H groups in total. The Bertz CT molecular complexity index is 931. The molecule has 2 aromatic rings. The minimum atomic E-state index is -4.38. The highest BCUT2D eigenvalue weighted by Crippen LogP contribution is 2.37. The van der Waals surface area contributed by atoms with Crippen LogP contribution in [0, 0.1) is 11.6 Å². The van der Waals surface area contributed by atoms with Crippen LogP contribution in [0.4, 0.5) is 14.5 Å². The molecule has 8 heteroatoms. The summed E-state index contributed by atoms with van der Waals surface area (Å²) in [6.07, 6.45) is 0.185. The van der Waals surface area contributed by atoms with E-state index in [1.165, 1.54) is 0 Å². The van der Waals surface area contributed by atoms with Gasteiger partial charge in [-0.25, -0.2) is 17.2 Å². The van der Waals surface area contributed by atoms with Gasteiger partial charge in [0.15, 0.2) is 0 Å². The molecule has 2 aromatic carbocycles.